The summed E-state index contributed by atoms with van der Waals surface area (Å²) in [4.78, 5) is 10.6. The quantitative estimate of drug-likeness (QED) is 0.679. The number of nitrogens with one attached hydrogen (secondary N) is 1. The molecule has 0 fully saturated rings. The minimum absolute atomic E-state index is 0.130. The zero-order valence-corrected chi connectivity index (χ0v) is 11.8. The molecule has 2 aromatic rings. The van der Waals surface area contributed by atoms with Crippen molar-refractivity contribution < 1.29 is 9.90 Å². The molecule has 0 aliphatic heterocycles. The van der Waals surface area contributed by atoms with Gasteiger partial charge in [0.05, 0.1) is 12.2 Å². The fraction of sp³-hybridized carbons (Fsp3) is 0.231. The molecule has 0 radical (unpaired) electrons. The minimum atomic E-state index is -1.20. The van der Waals surface area contributed by atoms with Gasteiger partial charge in [-0.25, -0.2) is 0 Å². The fourth-order valence-corrected chi connectivity index (χ4v) is 1.81. The zero-order chi connectivity index (χ0) is 14.7. The van der Waals surface area contributed by atoms with Crippen molar-refractivity contribution >= 4 is 24.4 Å². The first kappa shape index (κ1) is 14.1. The van der Waals surface area contributed by atoms with Crippen molar-refractivity contribution in [1.29, 1.82) is 0 Å². The number of hydrogen-bond donors (Lipinski definition) is 1. The van der Waals surface area contributed by atoms with Gasteiger partial charge in [-0.1, -0.05) is 38.1 Å². The average molecular weight is 289 g/mol. The monoisotopic (exact) mass is 289 g/mol. The van der Waals surface area contributed by atoms with Gasteiger partial charge >= 0.3 is 0 Å². The first-order valence-corrected chi connectivity index (χ1v) is 6.43. The van der Waals surface area contributed by atoms with Gasteiger partial charge in [0.2, 0.25) is 4.77 Å². The third-order valence-corrected chi connectivity index (χ3v) is 2.92. The highest BCUT2D eigenvalue weighted by Crippen LogP contribution is 2.11. The standard InChI is InChI=1S/C13H14N4O2S/c1-8(2)11-15-16-13(20)17(11)14-7-9-3-5-10(6-4-9)12(18)19/h3-8H,1-2H3,(H,16,20)(H,18,19)/p-1. The summed E-state index contributed by atoms with van der Waals surface area (Å²) < 4.78 is 1.96. The molecule has 0 atom stereocenters. The van der Waals surface area contributed by atoms with Crippen molar-refractivity contribution in [3.05, 3.63) is 46.0 Å². The van der Waals surface area contributed by atoms with Crippen molar-refractivity contribution in [2.24, 2.45) is 5.10 Å². The molecule has 20 heavy (non-hydrogen) atoms. The molecule has 1 N–H and O–H groups in total. The number of H-pyrrole nitrogens is 1. The Morgan fingerprint density at radius 2 is 2.10 bits per heavy atom. The number of aromatic nitrogens is 3. The van der Waals surface area contributed by atoms with Crippen LogP contribution >= 0.6 is 12.2 Å². The van der Waals surface area contributed by atoms with Crippen LogP contribution in [-0.4, -0.2) is 27.1 Å². The largest absolute Gasteiger partial charge is 0.545 e. The normalized spacial score (nSPS) is 11.3. The Bertz CT molecular complexity index is 698. The first-order chi connectivity index (χ1) is 9.49. The smallest absolute Gasteiger partial charge is 0.216 e. The highest BCUT2D eigenvalue weighted by atomic mass is 32.1. The molecule has 0 aliphatic carbocycles. The summed E-state index contributed by atoms with van der Waals surface area (Å²) in [6.07, 6.45) is 1.59. The second-order valence-corrected chi connectivity index (χ2v) is 4.89. The summed E-state index contributed by atoms with van der Waals surface area (Å²) in [5.41, 5.74) is 0.887. The number of carbonyl (C=O) groups excluding carboxylic acids is 1. The molecule has 0 amide bonds. The molecular formula is C13H13N4O2S-. The third-order valence-electron chi connectivity index (χ3n) is 2.66. The Morgan fingerprint density at radius 3 is 2.65 bits per heavy atom. The second-order valence-electron chi connectivity index (χ2n) is 4.51. The Hall–Kier alpha value is -2.28. The van der Waals surface area contributed by atoms with E-state index < -0.39 is 5.97 Å². The number of carboxylic acid groups (broad SMARTS) is 1. The molecule has 2 rings (SSSR count). The second kappa shape index (κ2) is 5.79. The predicted octanol–water partition coefficient (Wildman–Crippen LogP) is 1.31. The zero-order valence-electron chi connectivity index (χ0n) is 11.0. The SMILES string of the molecule is CC(C)c1n[nH]c(=S)n1N=Cc1ccc(C(=O)[O-])cc1. The molecule has 1 aromatic heterocycles. The summed E-state index contributed by atoms with van der Waals surface area (Å²) in [6, 6.07) is 6.23. The number of carbonyl (C=O) groups is 1. The number of rotatable bonds is 4. The fourth-order valence-electron chi connectivity index (χ4n) is 1.62. The van der Waals surface area contributed by atoms with Gasteiger partial charge in [-0.15, -0.1) is 0 Å². The molecule has 0 unspecified atom stereocenters. The molecule has 1 aromatic carbocycles. The number of aromatic carboxylic acids is 1. The van der Waals surface area contributed by atoms with Crippen LogP contribution in [0, 0.1) is 4.77 Å². The van der Waals surface area contributed by atoms with E-state index in [4.69, 9.17) is 12.2 Å². The van der Waals surface area contributed by atoms with Crippen molar-refractivity contribution in [2.75, 3.05) is 0 Å². The van der Waals surface area contributed by atoms with Gasteiger partial charge in [-0.3, -0.25) is 5.10 Å². The maximum atomic E-state index is 10.6. The van der Waals surface area contributed by atoms with E-state index in [9.17, 15) is 9.90 Å². The minimum Gasteiger partial charge on any atom is -0.545 e. The van der Waals surface area contributed by atoms with Gasteiger partial charge < -0.3 is 9.90 Å². The van der Waals surface area contributed by atoms with E-state index in [0.717, 1.165) is 11.4 Å². The van der Waals surface area contributed by atoms with Gasteiger partial charge in [-0.2, -0.15) is 14.9 Å². The lowest BCUT2D eigenvalue weighted by Gasteiger charge is -2.03. The van der Waals surface area contributed by atoms with E-state index in [0.29, 0.717) is 4.77 Å². The summed E-state index contributed by atoms with van der Waals surface area (Å²) in [7, 11) is 0. The number of carboxylic acids is 1. The van der Waals surface area contributed by atoms with E-state index in [1.54, 1.807) is 23.0 Å². The topological polar surface area (TPSA) is 86.1 Å². The van der Waals surface area contributed by atoms with Gasteiger partial charge in [0, 0.05) is 5.92 Å². The predicted molar refractivity (Wildman–Crippen MR) is 75.3 cm³/mol. The van der Waals surface area contributed by atoms with Gasteiger partial charge in [0.15, 0.2) is 5.82 Å². The van der Waals surface area contributed by atoms with Crippen LogP contribution in [0.2, 0.25) is 0 Å². The Kier molecular flexibility index (Phi) is 4.09. The highest BCUT2D eigenvalue weighted by Gasteiger charge is 2.08. The molecule has 0 aliphatic rings. The molecule has 1 heterocycles. The number of nitrogens with zero attached hydrogens (tertiary/aromatic N) is 3. The lowest BCUT2D eigenvalue weighted by atomic mass is 10.1. The van der Waals surface area contributed by atoms with Crippen LogP contribution in [0.25, 0.3) is 0 Å². The summed E-state index contributed by atoms with van der Waals surface area (Å²) in [5.74, 6) is -0.286. The molecule has 6 nitrogen and oxygen atoms in total. The number of benzene rings is 1. The van der Waals surface area contributed by atoms with Crippen LogP contribution in [0.1, 0.15) is 41.5 Å². The molecule has 104 valence electrons. The van der Waals surface area contributed by atoms with E-state index in [-0.39, 0.29) is 11.5 Å². The van der Waals surface area contributed by atoms with Gasteiger partial charge in [0.25, 0.3) is 0 Å². The highest BCUT2D eigenvalue weighted by molar-refractivity contribution is 7.71. The molecule has 0 spiro atoms. The van der Waals surface area contributed by atoms with Crippen molar-refractivity contribution in [3.63, 3.8) is 0 Å². The van der Waals surface area contributed by atoms with Crippen LogP contribution in [0.5, 0.6) is 0 Å². The van der Waals surface area contributed by atoms with Crippen LogP contribution in [0.15, 0.2) is 29.4 Å². The molecule has 0 saturated heterocycles. The van der Waals surface area contributed by atoms with Gasteiger partial charge in [0.1, 0.15) is 0 Å². The lowest BCUT2D eigenvalue weighted by molar-refractivity contribution is -0.255. The maximum Gasteiger partial charge on any atom is 0.216 e. The third kappa shape index (κ3) is 3.00. The van der Waals surface area contributed by atoms with Gasteiger partial charge in [-0.05, 0) is 23.3 Å². The summed E-state index contributed by atoms with van der Waals surface area (Å²) >= 11 is 5.11. The van der Waals surface area contributed by atoms with E-state index >= 15 is 0 Å². The molecular weight excluding hydrogens is 276 g/mol. The molecule has 7 heteroatoms. The van der Waals surface area contributed by atoms with Crippen LogP contribution < -0.4 is 5.11 Å². The van der Waals surface area contributed by atoms with Crippen molar-refractivity contribution in [2.45, 2.75) is 19.8 Å². The molecule has 0 saturated carbocycles. The summed E-state index contributed by atoms with van der Waals surface area (Å²) in [6.45, 7) is 3.98. The van der Waals surface area contributed by atoms with E-state index in [1.165, 1.54) is 12.1 Å². The molecule has 0 bridgehead atoms. The van der Waals surface area contributed by atoms with E-state index in [1.807, 2.05) is 13.8 Å². The average Bonchev–Trinajstić information content (AvgIpc) is 2.78. The van der Waals surface area contributed by atoms with Crippen molar-refractivity contribution in [3.8, 4) is 0 Å². The Labute approximate surface area is 120 Å². The Morgan fingerprint density at radius 1 is 1.45 bits per heavy atom. The summed E-state index contributed by atoms with van der Waals surface area (Å²) in [5, 5.41) is 21.7. The van der Waals surface area contributed by atoms with Crippen LogP contribution in [-0.2, 0) is 0 Å². The van der Waals surface area contributed by atoms with E-state index in [2.05, 4.69) is 15.3 Å². The van der Waals surface area contributed by atoms with Crippen LogP contribution in [0.3, 0.4) is 0 Å². The van der Waals surface area contributed by atoms with Crippen LogP contribution in [0.4, 0.5) is 0 Å². The first-order valence-electron chi connectivity index (χ1n) is 6.02. The number of hydrogen-bond acceptors (Lipinski definition) is 5. The number of aromatic amines is 1. The Balaban J connectivity index is 2.27. The maximum absolute atomic E-state index is 10.6. The lowest BCUT2D eigenvalue weighted by Crippen LogP contribution is -2.21. The van der Waals surface area contributed by atoms with Crippen molar-refractivity contribution in [1.82, 2.24) is 14.9 Å².